The molecule has 1 N–H and O–H groups in total. The quantitative estimate of drug-likeness (QED) is 0.614. The third-order valence-electron chi connectivity index (χ3n) is 4.96. The summed E-state index contributed by atoms with van der Waals surface area (Å²) in [4.78, 5) is 4.14. The molecule has 1 heterocycles. The predicted octanol–water partition coefficient (Wildman–Crippen LogP) is 3.74. The van der Waals surface area contributed by atoms with Crippen molar-refractivity contribution in [2.45, 2.75) is 37.2 Å². The largest absolute Gasteiger partial charge is 0.395 e. The van der Waals surface area contributed by atoms with Crippen LogP contribution in [0.25, 0.3) is 0 Å². The number of nitrogens with zero attached hydrogens (tertiary/aromatic N) is 2. The van der Waals surface area contributed by atoms with E-state index in [2.05, 4.69) is 4.98 Å². The van der Waals surface area contributed by atoms with E-state index in [1.54, 1.807) is 18.3 Å². The molecule has 2 aromatic carbocycles. The average molecular weight is 411 g/mol. The minimum atomic E-state index is -3.71. The molecule has 0 radical (unpaired) electrons. The van der Waals surface area contributed by atoms with Crippen LogP contribution in [-0.2, 0) is 28.5 Å². The SMILES string of the molecule is CC(C)(CO)c1ccc(CN(Cc2ccccc2)S(=O)(=O)c2cccnc2)cc1. The van der Waals surface area contributed by atoms with E-state index in [0.717, 1.165) is 16.7 Å². The molecule has 0 aliphatic carbocycles. The number of aliphatic hydroxyl groups excluding tert-OH is 1. The van der Waals surface area contributed by atoms with Gasteiger partial charge in [-0.25, -0.2) is 8.42 Å². The Balaban J connectivity index is 1.91. The molecule has 1 aromatic heterocycles. The summed E-state index contributed by atoms with van der Waals surface area (Å²) in [7, 11) is -3.71. The Kier molecular flexibility index (Phi) is 6.47. The molecule has 5 nitrogen and oxygen atoms in total. The molecule has 3 rings (SSSR count). The Labute approximate surface area is 172 Å². The first-order valence-corrected chi connectivity index (χ1v) is 10.9. The van der Waals surface area contributed by atoms with Crippen molar-refractivity contribution in [2.24, 2.45) is 0 Å². The van der Waals surface area contributed by atoms with E-state index in [9.17, 15) is 13.5 Å². The molecule has 0 saturated heterocycles. The lowest BCUT2D eigenvalue weighted by atomic mass is 9.85. The summed E-state index contributed by atoms with van der Waals surface area (Å²) >= 11 is 0. The minimum absolute atomic E-state index is 0.0435. The van der Waals surface area contributed by atoms with E-state index < -0.39 is 10.0 Å². The van der Waals surface area contributed by atoms with Crippen LogP contribution in [0.5, 0.6) is 0 Å². The smallest absolute Gasteiger partial charge is 0.245 e. The summed E-state index contributed by atoms with van der Waals surface area (Å²) < 4.78 is 28.0. The van der Waals surface area contributed by atoms with Crippen LogP contribution in [0.4, 0.5) is 0 Å². The van der Waals surface area contributed by atoms with Crippen molar-refractivity contribution >= 4 is 10.0 Å². The number of hydrogen-bond donors (Lipinski definition) is 1. The molecular weight excluding hydrogens is 384 g/mol. The van der Waals surface area contributed by atoms with E-state index in [-0.39, 0.29) is 30.0 Å². The second kappa shape index (κ2) is 8.86. The van der Waals surface area contributed by atoms with Crippen LogP contribution in [0, 0.1) is 0 Å². The van der Waals surface area contributed by atoms with Gasteiger partial charge < -0.3 is 5.11 Å². The molecule has 0 atom stereocenters. The van der Waals surface area contributed by atoms with E-state index in [1.165, 1.54) is 10.5 Å². The zero-order valence-corrected chi connectivity index (χ0v) is 17.5. The number of benzene rings is 2. The zero-order valence-electron chi connectivity index (χ0n) is 16.7. The standard InChI is InChI=1S/C23H26N2O3S/c1-23(2,18-26)21-12-10-20(11-13-21)17-25(16-19-7-4-3-5-8-19)29(27,28)22-9-6-14-24-15-22/h3-15,26H,16-18H2,1-2H3. The molecule has 0 bridgehead atoms. The lowest BCUT2D eigenvalue weighted by Gasteiger charge is -2.24. The maximum absolute atomic E-state index is 13.3. The van der Waals surface area contributed by atoms with Gasteiger partial charge in [-0.15, -0.1) is 0 Å². The summed E-state index contributed by atoms with van der Waals surface area (Å²) in [5, 5.41) is 9.57. The molecular formula is C23H26N2O3S. The van der Waals surface area contributed by atoms with Gasteiger partial charge in [-0.2, -0.15) is 4.31 Å². The second-order valence-corrected chi connectivity index (χ2v) is 9.62. The highest BCUT2D eigenvalue weighted by Gasteiger charge is 2.25. The monoisotopic (exact) mass is 410 g/mol. The van der Waals surface area contributed by atoms with Crippen LogP contribution in [0.3, 0.4) is 0 Å². The number of sulfonamides is 1. The van der Waals surface area contributed by atoms with Crippen LogP contribution in [-0.4, -0.2) is 29.4 Å². The van der Waals surface area contributed by atoms with Gasteiger partial charge in [0, 0.05) is 30.9 Å². The minimum Gasteiger partial charge on any atom is -0.395 e. The molecule has 6 heteroatoms. The van der Waals surface area contributed by atoms with Gasteiger partial charge in [0.1, 0.15) is 4.90 Å². The van der Waals surface area contributed by atoms with Crippen LogP contribution in [0.2, 0.25) is 0 Å². The van der Waals surface area contributed by atoms with Crippen molar-refractivity contribution < 1.29 is 13.5 Å². The molecule has 0 aliphatic rings. The highest BCUT2D eigenvalue weighted by atomic mass is 32.2. The fraction of sp³-hybridized carbons (Fsp3) is 0.261. The number of rotatable bonds is 8. The van der Waals surface area contributed by atoms with Crippen molar-refractivity contribution in [2.75, 3.05) is 6.61 Å². The summed E-state index contributed by atoms with van der Waals surface area (Å²) in [6.45, 7) is 4.49. The fourth-order valence-corrected chi connectivity index (χ4v) is 4.40. The molecule has 0 unspecified atom stereocenters. The normalized spacial score (nSPS) is 12.3. The fourth-order valence-electron chi connectivity index (χ4n) is 3.02. The number of aromatic nitrogens is 1. The maximum atomic E-state index is 13.3. The van der Waals surface area contributed by atoms with Crippen molar-refractivity contribution in [1.29, 1.82) is 0 Å². The Morgan fingerprint density at radius 3 is 2.07 bits per heavy atom. The first-order valence-electron chi connectivity index (χ1n) is 9.47. The third-order valence-corrected chi connectivity index (χ3v) is 6.74. The lowest BCUT2D eigenvalue weighted by molar-refractivity contribution is 0.218. The second-order valence-electron chi connectivity index (χ2n) is 7.69. The molecule has 0 amide bonds. The average Bonchev–Trinajstić information content (AvgIpc) is 2.75. The highest BCUT2D eigenvalue weighted by molar-refractivity contribution is 7.89. The Hall–Kier alpha value is -2.54. The van der Waals surface area contributed by atoms with Crippen molar-refractivity contribution in [3.63, 3.8) is 0 Å². The van der Waals surface area contributed by atoms with Gasteiger partial charge in [-0.05, 0) is 28.8 Å². The first kappa shape index (κ1) is 21.2. The van der Waals surface area contributed by atoms with Gasteiger partial charge >= 0.3 is 0 Å². The Morgan fingerprint density at radius 2 is 1.52 bits per heavy atom. The van der Waals surface area contributed by atoms with Gasteiger partial charge in [0.15, 0.2) is 0 Å². The predicted molar refractivity (Wildman–Crippen MR) is 114 cm³/mol. The van der Waals surface area contributed by atoms with Crippen molar-refractivity contribution in [1.82, 2.24) is 9.29 Å². The zero-order chi connectivity index (χ0) is 20.9. The van der Waals surface area contributed by atoms with E-state index >= 15 is 0 Å². The summed E-state index contributed by atoms with van der Waals surface area (Å²) in [6.07, 6.45) is 2.93. The number of pyridine rings is 1. The van der Waals surface area contributed by atoms with Gasteiger partial charge in [-0.3, -0.25) is 4.98 Å². The van der Waals surface area contributed by atoms with Crippen molar-refractivity contribution in [3.05, 3.63) is 95.8 Å². The number of aliphatic hydroxyl groups is 1. The number of hydrogen-bond acceptors (Lipinski definition) is 4. The maximum Gasteiger partial charge on any atom is 0.245 e. The molecule has 0 spiro atoms. The van der Waals surface area contributed by atoms with E-state index in [4.69, 9.17) is 0 Å². The van der Waals surface area contributed by atoms with E-state index in [0.29, 0.717) is 0 Å². The van der Waals surface area contributed by atoms with Crippen molar-refractivity contribution in [3.8, 4) is 0 Å². The van der Waals surface area contributed by atoms with Gasteiger partial charge in [-0.1, -0.05) is 68.4 Å². The molecule has 0 fully saturated rings. The van der Waals surface area contributed by atoms with Crippen LogP contribution >= 0.6 is 0 Å². The molecule has 152 valence electrons. The summed E-state index contributed by atoms with van der Waals surface area (Å²) in [5.74, 6) is 0. The molecule has 29 heavy (non-hydrogen) atoms. The van der Waals surface area contributed by atoms with Crippen LogP contribution < -0.4 is 0 Å². The summed E-state index contributed by atoms with van der Waals surface area (Å²) in [5.41, 5.74) is 2.46. The Morgan fingerprint density at radius 1 is 0.897 bits per heavy atom. The van der Waals surface area contributed by atoms with Gasteiger partial charge in [0.05, 0.1) is 6.61 Å². The van der Waals surface area contributed by atoms with E-state index in [1.807, 2.05) is 68.4 Å². The van der Waals surface area contributed by atoms with Crippen LogP contribution in [0.1, 0.15) is 30.5 Å². The first-order chi connectivity index (χ1) is 13.8. The highest BCUT2D eigenvalue weighted by Crippen LogP contribution is 2.25. The summed E-state index contributed by atoms with van der Waals surface area (Å²) in [6, 6.07) is 20.5. The molecule has 0 aliphatic heterocycles. The van der Waals surface area contributed by atoms with Crippen LogP contribution in [0.15, 0.2) is 84.0 Å². The van der Waals surface area contributed by atoms with Gasteiger partial charge in [0.2, 0.25) is 10.0 Å². The molecule has 3 aromatic rings. The molecule has 0 saturated carbocycles. The lowest BCUT2D eigenvalue weighted by Crippen LogP contribution is -2.30. The third kappa shape index (κ3) is 5.09. The van der Waals surface area contributed by atoms with Gasteiger partial charge in [0.25, 0.3) is 0 Å². The Bertz CT molecular complexity index is 1020. The topological polar surface area (TPSA) is 70.5 Å².